The molecule has 1 aromatic carbocycles. The first-order valence-corrected chi connectivity index (χ1v) is 5.06. The van der Waals surface area contributed by atoms with Crippen LogP contribution in [0, 0.1) is 0 Å². The van der Waals surface area contributed by atoms with E-state index in [2.05, 4.69) is 24.1 Å². The van der Waals surface area contributed by atoms with E-state index in [4.69, 9.17) is 9.47 Å². The van der Waals surface area contributed by atoms with Gasteiger partial charge in [0.15, 0.2) is 0 Å². The normalized spacial score (nSPS) is 10.7. The van der Waals surface area contributed by atoms with Crippen molar-refractivity contribution in [1.29, 1.82) is 0 Å². The first-order valence-electron chi connectivity index (χ1n) is 5.06. The second-order valence-electron chi connectivity index (χ2n) is 3.58. The summed E-state index contributed by atoms with van der Waals surface area (Å²) in [5, 5.41) is 0. The first kappa shape index (κ1) is 12.0. The molecule has 3 heteroatoms. The van der Waals surface area contributed by atoms with Gasteiger partial charge in [0.2, 0.25) is 0 Å². The SMILES string of the molecule is COCCN(C)Cc1ccc(OC)cc1. The quantitative estimate of drug-likeness (QED) is 0.712. The monoisotopic (exact) mass is 209 g/mol. The van der Waals surface area contributed by atoms with Crippen LogP contribution >= 0.6 is 0 Å². The zero-order chi connectivity index (χ0) is 11.1. The van der Waals surface area contributed by atoms with E-state index in [9.17, 15) is 0 Å². The average Bonchev–Trinajstić information content (AvgIpc) is 2.27. The summed E-state index contributed by atoms with van der Waals surface area (Å²) in [4.78, 5) is 2.23. The highest BCUT2D eigenvalue weighted by atomic mass is 16.5. The van der Waals surface area contributed by atoms with Gasteiger partial charge < -0.3 is 9.47 Å². The first-order chi connectivity index (χ1) is 7.26. The molecule has 0 saturated heterocycles. The van der Waals surface area contributed by atoms with Crippen molar-refractivity contribution in [3.05, 3.63) is 29.8 Å². The van der Waals surface area contributed by atoms with E-state index in [1.165, 1.54) is 5.56 Å². The number of rotatable bonds is 6. The third-order valence-electron chi connectivity index (χ3n) is 2.29. The molecular formula is C12H19NO2. The summed E-state index contributed by atoms with van der Waals surface area (Å²) >= 11 is 0. The van der Waals surface area contributed by atoms with Crippen molar-refractivity contribution in [3.8, 4) is 5.75 Å². The molecule has 0 radical (unpaired) electrons. The summed E-state index contributed by atoms with van der Waals surface area (Å²) in [5.74, 6) is 0.901. The Kier molecular flexibility index (Phi) is 5.15. The van der Waals surface area contributed by atoms with Gasteiger partial charge in [-0.15, -0.1) is 0 Å². The molecule has 0 aliphatic carbocycles. The number of hydrogen-bond acceptors (Lipinski definition) is 3. The molecular weight excluding hydrogens is 190 g/mol. The van der Waals surface area contributed by atoms with Crippen molar-refractivity contribution >= 4 is 0 Å². The van der Waals surface area contributed by atoms with Crippen LogP contribution in [0.4, 0.5) is 0 Å². The standard InChI is InChI=1S/C12H19NO2/c1-13(8-9-14-2)10-11-4-6-12(15-3)7-5-11/h4-7H,8-10H2,1-3H3. The molecule has 3 nitrogen and oxygen atoms in total. The molecule has 0 atom stereocenters. The lowest BCUT2D eigenvalue weighted by Gasteiger charge is -2.16. The molecule has 0 aliphatic rings. The Morgan fingerprint density at radius 1 is 1.13 bits per heavy atom. The van der Waals surface area contributed by atoms with Crippen LogP contribution in [0.15, 0.2) is 24.3 Å². The molecule has 0 aromatic heterocycles. The molecule has 0 fully saturated rings. The number of hydrogen-bond donors (Lipinski definition) is 0. The summed E-state index contributed by atoms with van der Waals surface area (Å²) in [6, 6.07) is 8.14. The number of nitrogens with zero attached hydrogens (tertiary/aromatic N) is 1. The summed E-state index contributed by atoms with van der Waals surface area (Å²) < 4.78 is 10.1. The zero-order valence-corrected chi connectivity index (χ0v) is 9.69. The van der Waals surface area contributed by atoms with Crippen molar-refractivity contribution < 1.29 is 9.47 Å². The van der Waals surface area contributed by atoms with Gasteiger partial charge in [-0.05, 0) is 24.7 Å². The summed E-state index contributed by atoms with van der Waals surface area (Å²) in [5.41, 5.74) is 1.29. The van der Waals surface area contributed by atoms with Crippen LogP contribution in [0.5, 0.6) is 5.75 Å². The van der Waals surface area contributed by atoms with Crippen LogP contribution in [0.3, 0.4) is 0 Å². The number of ether oxygens (including phenoxy) is 2. The fraction of sp³-hybridized carbons (Fsp3) is 0.500. The fourth-order valence-corrected chi connectivity index (χ4v) is 1.37. The Labute approximate surface area is 91.6 Å². The molecule has 0 heterocycles. The molecule has 0 N–H and O–H groups in total. The average molecular weight is 209 g/mol. The molecule has 0 spiro atoms. The maximum Gasteiger partial charge on any atom is 0.118 e. The molecule has 15 heavy (non-hydrogen) atoms. The summed E-state index contributed by atoms with van der Waals surface area (Å²) in [7, 11) is 5.49. The number of benzene rings is 1. The van der Waals surface area contributed by atoms with E-state index < -0.39 is 0 Å². The van der Waals surface area contributed by atoms with Gasteiger partial charge in [0, 0.05) is 20.2 Å². The highest BCUT2D eigenvalue weighted by molar-refractivity contribution is 5.26. The zero-order valence-electron chi connectivity index (χ0n) is 9.69. The summed E-state index contributed by atoms with van der Waals surface area (Å²) in [6.45, 7) is 2.66. The molecule has 84 valence electrons. The number of likely N-dealkylation sites (N-methyl/N-ethyl adjacent to an activating group) is 1. The van der Waals surface area contributed by atoms with Crippen LogP contribution in [0.1, 0.15) is 5.56 Å². The van der Waals surface area contributed by atoms with Gasteiger partial charge in [0.05, 0.1) is 13.7 Å². The maximum atomic E-state index is 5.11. The molecule has 0 amide bonds. The van der Waals surface area contributed by atoms with Crippen LogP contribution in [0.2, 0.25) is 0 Å². The van der Waals surface area contributed by atoms with E-state index in [1.807, 2.05) is 12.1 Å². The van der Waals surface area contributed by atoms with Crippen molar-refractivity contribution in [2.24, 2.45) is 0 Å². The third kappa shape index (κ3) is 4.32. The topological polar surface area (TPSA) is 21.7 Å². The van der Waals surface area contributed by atoms with Gasteiger partial charge in [-0.2, -0.15) is 0 Å². The molecule has 0 bridgehead atoms. The second kappa shape index (κ2) is 6.43. The second-order valence-corrected chi connectivity index (χ2v) is 3.58. The Morgan fingerprint density at radius 2 is 1.80 bits per heavy atom. The van der Waals surface area contributed by atoms with Crippen molar-refractivity contribution in [3.63, 3.8) is 0 Å². The van der Waals surface area contributed by atoms with Crippen LogP contribution in [-0.4, -0.2) is 39.3 Å². The van der Waals surface area contributed by atoms with Crippen molar-refractivity contribution in [1.82, 2.24) is 4.90 Å². The molecule has 1 aromatic rings. The van der Waals surface area contributed by atoms with E-state index in [0.29, 0.717) is 0 Å². The van der Waals surface area contributed by atoms with Gasteiger partial charge in [-0.3, -0.25) is 4.90 Å². The van der Waals surface area contributed by atoms with Crippen LogP contribution < -0.4 is 4.74 Å². The summed E-state index contributed by atoms with van der Waals surface area (Å²) in [6.07, 6.45) is 0. The Bertz CT molecular complexity index is 271. The molecule has 0 unspecified atom stereocenters. The van der Waals surface area contributed by atoms with E-state index in [-0.39, 0.29) is 0 Å². The van der Waals surface area contributed by atoms with E-state index in [0.717, 1.165) is 25.4 Å². The molecule has 1 rings (SSSR count). The van der Waals surface area contributed by atoms with Crippen molar-refractivity contribution in [2.45, 2.75) is 6.54 Å². The minimum Gasteiger partial charge on any atom is -0.497 e. The predicted molar refractivity (Wildman–Crippen MR) is 61.2 cm³/mol. The smallest absolute Gasteiger partial charge is 0.118 e. The number of methoxy groups -OCH3 is 2. The van der Waals surface area contributed by atoms with Gasteiger partial charge in [0.1, 0.15) is 5.75 Å². The highest BCUT2D eigenvalue weighted by Gasteiger charge is 1.99. The predicted octanol–water partition coefficient (Wildman–Crippen LogP) is 1.77. The molecule has 0 saturated carbocycles. The molecule has 0 aliphatic heterocycles. The van der Waals surface area contributed by atoms with E-state index >= 15 is 0 Å². The van der Waals surface area contributed by atoms with Crippen LogP contribution in [0.25, 0.3) is 0 Å². The lowest BCUT2D eigenvalue weighted by atomic mass is 10.2. The fourth-order valence-electron chi connectivity index (χ4n) is 1.37. The van der Waals surface area contributed by atoms with Gasteiger partial charge >= 0.3 is 0 Å². The minimum atomic E-state index is 0.770. The van der Waals surface area contributed by atoms with Crippen molar-refractivity contribution in [2.75, 3.05) is 34.4 Å². The Morgan fingerprint density at radius 3 is 2.33 bits per heavy atom. The largest absolute Gasteiger partial charge is 0.497 e. The van der Waals surface area contributed by atoms with Crippen LogP contribution in [-0.2, 0) is 11.3 Å². The Balaban J connectivity index is 2.42. The van der Waals surface area contributed by atoms with Gasteiger partial charge in [-0.25, -0.2) is 0 Å². The Hall–Kier alpha value is -1.06. The van der Waals surface area contributed by atoms with Gasteiger partial charge in [0.25, 0.3) is 0 Å². The lowest BCUT2D eigenvalue weighted by molar-refractivity contribution is 0.158. The van der Waals surface area contributed by atoms with E-state index in [1.54, 1.807) is 14.2 Å². The highest BCUT2D eigenvalue weighted by Crippen LogP contribution is 2.12. The maximum absolute atomic E-state index is 5.11. The minimum absolute atomic E-state index is 0.770. The third-order valence-corrected chi connectivity index (χ3v) is 2.29. The van der Waals surface area contributed by atoms with Gasteiger partial charge in [-0.1, -0.05) is 12.1 Å². The lowest BCUT2D eigenvalue weighted by Crippen LogP contribution is -2.22.